The Morgan fingerprint density at radius 1 is 1.06 bits per heavy atom. The number of para-hydroxylation sites is 1. The van der Waals surface area contributed by atoms with E-state index in [2.05, 4.69) is 15.2 Å². The zero-order chi connectivity index (χ0) is 24.1. The van der Waals surface area contributed by atoms with Crippen LogP contribution in [0, 0.1) is 0 Å². The van der Waals surface area contributed by atoms with Gasteiger partial charge in [-0.3, -0.25) is 14.4 Å². The van der Waals surface area contributed by atoms with E-state index in [1.807, 2.05) is 42.6 Å². The largest absolute Gasteiger partial charge is 0.394 e. The zero-order valence-electron chi connectivity index (χ0n) is 19.0. The van der Waals surface area contributed by atoms with Crippen molar-refractivity contribution in [3.05, 3.63) is 71.9 Å². The Labute approximate surface area is 197 Å². The second-order valence-electron chi connectivity index (χ2n) is 8.28. The lowest BCUT2D eigenvalue weighted by molar-refractivity contribution is -0.137. The molecular formula is C26H28N4O4. The number of fused-ring (bicyclic) bond motifs is 1. The number of Topliss-reactive ketones (excluding diaryl/α,β-unsaturated/α-hetero) is 1. The standard InChI is InChI=1S/C26H28N4O4/c1-18(32)19-6-9-21(10-7-19)29-12-14-30(15-13-29)26(34)24(17-31)28-25(33)11-8-20-16-27-23-5-3-2-4-22(20)23/h2-11,16,24,27,31H,12-15,17H2,1H3,(H,28,33)/t24-/m0/s1. The number of amides is 2. The first-order valence-electron chi connectivity index (χ1n) is 11.3. The number of anilines is 1. The van der Waals surface area contributed by atoms with Crippen LogP contribution in [0.1, 0.15) is 22.8 Å². The molecule has 1 saturated heterocycles. The molecule has 0 spiro atoms. The van der Waals surface area contributed by atoms with Crippen LogP contribution in [0.3, 0.4) is 0 Å². The van der Waals surface area contributed by atoms with Crippen LogP contribution in [0.5, 0.6) is 0 Å². The number of H-pyrrole nitrogens is 1. The number of ketones is 1. The lowest BCUT2D eigenvalue weighted by atomic mass is 10.1. The Bertz CT molecular complexity index is 1210. The molecule has 3 N–H and O–H groups in total. The minimum absolute atomic E-state index is 0.0235. The number of carbonyl (C=O) groups is 3. The average Bonchev–Trinajstić information content (AvgIpc) is 3.29. The maximum absolute atomic E-state index is 12.9. The van der Waals surface area contributed by atoms with Gasteiger partial charge in [-0.25, -0.2) is 0 Å². The molecule has 0 saturated carbocycles. The molecule has 2 amide bonds. The summed E-state index contributed by atoms with van der Waals surface area (Å²) in [5.41, 5.74) is 3.49. The van der Waals surface area contributed by atoms with Crippen molar-refractivity contribution in [2.75, 3.05) is 37.7 Å². The zero-order valence-corrected chi connectivity index (χ0v) is 19.0. The molecule has 3 aromatic rings. The summed E-state index contributed by atoms with van der Waals surface area (Å²) in [5.74, 6) is -0.722. The van der Waals surface area contributed by atoms with Gasteiger partial charge in [-0.15, -0.1) is 0 Å². The summed E-state index contributed by atoms with van der Waals surface area (Å²) >= 11 is 0. The fraction of sp³-hybridized carbons (Fsp3) is 0.269. The van der Waals surface area contributed by atoms with Gasteiger partial charge in [-0.1, -0.05) is 18.2 Å². The van der Waals surface area contributed by atoms with Crippen LogP contribution in [0.15, 0.2) is 60.8 Å². The first kappa shape index (κ1) is 23.3. The van der Waals surface area contributed by atoms with Gasteiger partial charge >= 0.3 is 0 Å². The Morgan fingerprint density at radius 2 is 1.76 bits per heavy atom. The van der Waals surface area contributed by atoms with E-state index in [1.165, 1.54) is 13.0 Å². The number of aromatic amines is 1. The predicted molar refractivity (Wildman–Crippen MR) is 132 cm³/mol. The van der Waals surface area contributed by atoms with E-state index in [0.29, 0.717) is 31.7 Å². The molecule has 8 nitrogen and oxygen atoms in total. The molecule has 1 aliphatic heterocycles. The fourth-order valence-corrected chi connectivity index (χ4v) is 4.12. The molecule has 2 aromatic carbocycles. The van der Waals surface area contributed by atoms with Crippen molar-refractivity contribution < 1.29 is 19.5 Å². The van der Waals surface area contributed by atoms with E-state index in [4.69, 9.17) is 0 Å². The van der Waals surface area contributed by atoms with Crippen LogP contribution >= 0.6 is 0 Å². The van der Waals surface area contributed by atoms with Gasteiger partial charge in [0.15, 0.2) is 5.78 Å². The number of rotatable bonds is 7. The van der Waals surface area contributed by atoms with Crippen molar-refractivity contribution in [3.63, 3.8) is 0 Å². The van der Waals surface area contributed by atoms with Crippen LogP contribution in [0.2, 0.25) is 0 Å². The normalized spacial score (nSPS) is 15.0. The van der Waals surface area contributed by atoms with Gasteiger partial charge in [0, 0.05) is 60.6 Å². The summed E-state index contributed by atoms with van der Waals surface area (Å²) in [5, 5.41) is 13.3. The summed E-state index contributed by atoms with van der Waals surface area (Å²) in [7, 11) is 0. The number of aliphatic hydroxyl groups excluding tert-OH is 1. The van der Waals surface area contributed by atoms with Crippen molar-refractivity contribution in [2.45, 2.75) is 13.0 Å². The highest BCUT2D eigenvalue weighted by atomic mass is 16.3. The Kier molecular flexibility index (Phi) is 7.08. The summed E-state index contributed by atoms with van der Waals surface area (Å²) in [6.45, 7) is 3.26. The second kappa shape index (κ2) is 10.4. The van der Waals surface area contributed by atoms with Crippen LogP contribution in [-0.2, 0) is 9.59 Å². The highest BCUT2D eigenvalue weighted by Gasteiger charge is 2.28. The van der Waals surface area contributed by atoms with Gasteiger partial charge < -0.3 is 25.2 Å². The molecule has 0 aliphatic carbocycles. The third-order valence-electron chi connectivity index (χ3n) is 6.06. The molecule has 1 aromatic heterocycles. The third kappa shape index (κ3) is 5.18. The Balaban J connectivity index is 1.32. The highest BCUT2D eigenvalue weighted by molar-refractivity contribution is 5.98. The number of aromatic nitrogens is 1. The smallest absolute Gasteiger partial charge is 0.247 e. The third-order valence-corrected chi connectivity index (χ3v) is 6.06. The lowest BCUT2D eigenvalue weighted by Gasteiger charge is -2.37. The number of aliphatic hydroxyl groups is 1. The minimum atomic E-state index is -0.999. The maximum Gasteiger partial charge on any atom is 0.247 e. The molecule has 4 rings (SSSR count). The number of benzene rings is 2. The number of nitrogens with one attached hydrogen (secondary N) is 2. The van der Waals surface area contributed by atoms with Crippen molar-refractivity contribution in [1.82, 2.24) is 15.2 Å². The molecule has 1 aliphatic rings. The highest BCUT2D eigenvalue weighted by Crippen LogP contribution is 2.19. The monoisotopic (exact) mass is 460 g/mol. The summed E-state index contributed by atoms with van der Waals surface area (Å²) in [6.07, 6.45) is 4.87. The molecule has 0 bridgehead atoms. The fourth-order valence-electron chi connectivity index (χ4n) is 4.12. The van der Waals surface area contributed by atoms with E-state index in [0.717, 1.165) is 22.2 Å². The average molecular weight is 461 g/mol. The van der Waals surface area contributed by atoms with E-state index in [1.54, 1.807) is 23.1 Å². The van der Waals surface area contributed by atoms with Gasteiger partial charge in [0.05, 0.1) is 6.61 Å². The second-order valence-corrected chi connectivity index (χ2v) is 8.28. The molecule has 34 heavy (non-hydrogen) atoms. The molecule has 1 fully saturated rings. The predicted octanol–water partition coefficient (Wildman–Crippen LogP) is 2.21. The molecule has 2 heterocycles. The van der Waals surface area contributed by atoms with Gasteiger partial charge in [-0.05, 0) is 48.9 Å². The topological polar surface area (TPSA) is 106 Å². The van der Waals surface area contributed by atoms with Crippen LogP contribution in [-0.4, -0.2) is 71.4 Å². The molecule has 0 unspecified atom stereocenters. The number of hydrogen-bond donors (Lipinski definition) is 3. The minimum Gasteiger partial charge on any atom is -0.394 e. The number of nitrogens with zero attached hydrogens (tertiary/aromatic N) is 2. The number of piperazine rings is 1. The summed E-state index contributed by atoms with van der Waals surface area (Å²) in [6, 6.07) is 14.2. The van der Waals surface area contributed by atoms with Crippen molar-refractivity contribution in [1.29, 1.82) is 0 Å². The number of hydrogen-bond acceptors (Lipinski definition) is 5. The van der Waals surface area contributed by atoms with Gasteiger partial charge in [-0.2, -0.15) is 0 Å². The molecule has 8 heteroatoms. The SMILES string of the molecule is CC(=O)c1ccc(N2CCN(C(=O)[C@H](CO)NC(=O)C=Cc3c[nH]c4ccccc34)CC2)cc1. The lowest BCUT2D eigenvalue weighted by Crippen LogP contribution is -2.56. The Morgan fingerprint density at radius 3 is 2.44 bits per heavy atom. The van der Waals surface area contributed by atoms with Gasteiger partial charge in [0.1, 0.15) is 6.04 Å². The van der Waals surface area contributed by atoms with E-state index in [-0.39, 0.29) is 11.7 Å². The Hall–Kier alpha value is -3.91. The van der Waals surface area contributed by atoms with Crippen molar-refractivity contribution >= 4 is 40.3 Å². The van der Waals surface area contributed by atoms with Crippen LogP contribution < -0.4 is 10.2 Å². The molecular weight excluding hydrogens is 432 g/mol. The summed E-state index contributed by atoms with van der Waals surface area (Å²) in [4.78, 5) is 43.7. The van der Waals surface area contributed by atoms with Crippen LogP contribution in [0.4, 0.5) is 5.69 Å². The first-order valence-corrected chi connectivity index (χ1v) is 11.3. The van der Waals surface area contributed by atoms with Gasteiger partial charge in [0.2, 0.25) is 11.8 Å². The van der Waals surface area contributed by atoms with Crippen LogP contribution in [0.25, 0.3) is 17.0 Å². The molecule has 1 atom stereocenters. The quantitative estimate of drug-likeness (QED) is 0.370. The van der Waals surface area contributed by atoms with Gasteiger partial charge in [0.25, 0.3) is 0 Å². The molecule has 176 valence electrons. The van der Waals surface area contributed by atoms with Crippen molar-refractivity contribution in [2.24, 2.45) is 0 Å². The molecule has 0 radical (unpaired) electrons. The van der Waals surface area contributed by atoms with Crippen molar-refractivity contribution in [3.8, 4) is 0 Å². The summed E-state index contributed by atoms with van der Waals surface area (Å²) < 4.78 is 0. The van der Waals surface area contributed by atoms with E-state index >= 15 is 0 Å². The van der Waals surface area contributed by atoms with E-state index in [9.17, 15) is 19.5 Å². The maximum atomic E-state index is 12.9. The first-order chi connectivity index (χ1) is 16.5. The van der Waals surface area contributed by atoms with E-state index < -0.39 is 18.6 Å². The number of carbonyl (C=O) groups excluding carboxylic acids is 3.